The fourth-order valence-corrected chi connectivity index (χ4v) is 1.73. The third kappa shape index (κ3) is 3.03. The summed E-state index contributed by atoms with van der Waals surface area (Å²) < 4.78 is 5.55. The van der Waals surface area contributed by atoms with E-state index < -0.39 is 0 Å². The average molecular weight is 244 g/mol. The van der Waals surface area contributed by atoms with Crippen LogP contribution in [0.2, 0.25) is 0 Å². The molecule has 0 atom stereocenters. The Morgan fingerprint density at radius 1 is 1.28 bits per heavy atom. The highest BCUT2D eigenvalue weighted by atomic mass is 16.3. The van der Waals surface area contributed by atoms with E-state index in [0.29, 0.717) is 18.7 Å². The smallest absolute Gasteiger partial charge is 0.152 e. The average Bonchev–Trinajstić information content (AvgIpc) is 2.72. The lowest BCUT2D eigenvalue weighted by atomic mass is 10.2. The Balaban J connectivity index is 2.29. The fraction of sp³-hybridized carbons (Fsp3) is 0.357. The fourth-order valence-electron chi connectivity index (χ4n) is 1.73. The van der Waals surface area contributed by atoms with E-state index in [9.17, 15) is 4.79 Å². The van der Waals surface area contributed by atoms with Gasteiger partial charge in [0.1, 0.15) is 23.1 Å². The number of hydrogen-bond acceptors (Lipinski definition) is 4. The van der Waals surface area contributed by atoms with Gasteiger partial charge in [-0.3, -0.25) is 0 Å². The van der Waals surface area contributed by atoms with Crippen LogP contribution in [0.25, 0.3) is 11.5 Å². The zero-order valence-electron chi connectivity index (χ0n) is 10.9. The molecule has 0 aromatic carbocycles. The van der Waals surface area contributed by atoms with Crippen LogP contribution >= 0.6 is 0 Å². The number of Topliss-reactive ketones (excluding diaryl/α,β-unsaturated/α-hetero) is 1. The molecule has 2 aromatic heterocycles. The number of hydrogen-bond donors (Lipinski definition) is 0. The van der Waals surface area contributed by atoms with Crippen molar-refractivity contribution in [2.24, 2.45) is 0 Å². The van der Waals surface area contributed by atoms with Gasteiger partial charge in [-0.1, -0.05) is 0 Å². The zero-order valence-corrected chi connectivity index (χ0v) is 10.9. The maximum atomic E-state index is 11.0. The summed E-state index contributed by atoms with van der Waals surface area (Å²) in [6.45, 7) is 5.39. The number of ketones is 1. The second-order valence-corrected chi connectivity index (χ2v) is 4.42. The molecule has 0 bridgehead atoms. The molecule has 0 radical (unpaired) electrons. The lowest BCUT2D eigenvalue weighted by Gasteiger charge is -2.03. The first kappa shape index (κ1) is 12.5. The van der Waals surface area contributed by atoms with Crippen LogP contribution in [-0.4, -0.2) is 15.8 Å². The largest absolute Gasteiger partial charge is 0.460 e. The normalized spacial score (nSPS) is 10.6. The van der Waals surface area contributed by atoms with E-state index in [1.54, 1.807) is 6.92 Å². The van der Waals surface area contributed by atoms with Gasteiger partial charge in [0.2, 0.25) is 0 Å². The van der Waals surface area contributed by atoms with E-state index in [2.05, 4.69) is 9.97 Å². The maximum Gasteiger partial charge on any atom is 0.152 e. The Morgan fingerprint density at radius 2 is 2.06 bits per heavy atom. The molecule has 2 aromatic rings. The first-order chi connectivity index (χ1) is 8.54. The summed E-state index contributed by atoms with van der Waals surface area (Å²) >= 11 is 0. The monoisotopic (exact) mass is 244 g/mol. The van der Waals surface area contributed by atoms with E-state index in [4.69, 9.17) is 4.42 Å². The van der Waals surface area contributed by atoms with E-state index in [1.807, 2.05) is 32.0 Å². The van der Waals surface area contributed by atoms with E-state index >= 15 is 0 Å². The lowest BCUT2D eigenvalue weighted by molar-refractivity contribution is -0.117. The standard InChI is InChI=1S/C14H16N2O2/c1-9-8-12(13-6-5-11(3)18-13)16-14(15-9)7-4-10(2)17/h5-6,8H,4,7H2,1-3H3. The van der Waals surface area contributed by atoms with Gasteiger partial charge in [0.25, 0.3) is 0 Å². The molecule has 0 unspecified atom stereocenters. The van der Waals surface area contributed by atoms with Crippen LogP contribution in [0.5, 0.6) is 0 Å². The molecule has 0 aliphatic carbocycles. The predicted octanol–water partition coefficient (Wildman–Crippen LogP) is 2.88. The van der Waals surface area contributed by atoms with Crippen molar-refractivity contribution in [2.45, 2.75) is 33.6 Å². The second kappa shape index (κ2) is 5.12. The van der Waals surface area contributed by atoms with Crippen molar-refractivity contribution < 1.29 is 9.21 Å². The van der Waals surface area contributed by atoms with Crippen molar-refractivity contribution in [3.05, 3.63) is 35.5 Å². The van der Waals surface area contributed by atoms with Gasteiger partial charge < -0.3 is 9.21 Å². The highest BCUT2D eigenvalue weighted by molar-refractivity contribution is 5.75. The van der Waals surface area contributed by atoms with Crippen molar-refractivity contribution in [3.63, 3.8) is 0 Å². The molecule has 0 saturated carbocycles. The Bertz CT molecular complexity index is 573. The van der Waals surface area contributed by atoms with Crippen LogP contribution in [0.15, 0.2) is 22.6 Å². The summed E-state index contributed by atoms with van der Waals surface area (Å²) in [6.07, 6.45) is 1.05. The molecule has 4 nitrogen and oxygen atoms in total. The minimum Gasteiger partial charge on any atom is -0.460 e. The number of carbonyl (C=O) groups excluding carboxylic acids is 1. The molecule has 0 spiro atoms. The number of nitrogens with zero attached hydrogens (tertiary/aromatic N) is 2. The number of aromatic nitrogens is 2. The molecule has 0 amide bonds. The van der Waals surface area contributed by atoms with Gasteiger partial charge in [0, 0.05) is 18.5 Å². The SMILES string of the molecule is CC(=O)CCc1nc(C)cc(-c2ccc(C)o2)n1. The molecule has 2 heterocycles. The molecule has 0 saturated heterocycles. The molecular weight excluding hydrogens is 228 g/mol. The van der Waals surface area contributed by atoms with Crippen LogP contribution < -0.4 is 0 Å². The molecule has 0 aliphatic rings. The summed E-state index contributed by atoms with van der Waals surface area (Å²) in [5, 5.41) is 0. The first-order valence-electron chi connectivity index (χ1n) is 5.95. The molecule has 0 aliphatic heterocycles. The topological polar surface area (TPSA) is 56.0 Å². The van der Waals surface area contributed by atoms with Crippen molar-refractivity contribution >= 4 is 5.78 Å². The molecule has 94 valence electrons. The Labute approximate surface area is 106 Å². The molecule has 4 heteroatoms. The van der Waals surface area contributed by atoms with Crippen LogP contribution in [-0.2, 0) is 11.2 Å². The van der Waals surface area contributed by atoms with Crippen LogP contribution in [0.1, 0.15) is 30.6 Å². The minimum atomic E-state index is 0.149. The number of aryl methyl sites for hydroxylation is 3. The third-order valence-corrected chi connectivity index (χ3v) is 2.59. The second-order valence-electron chi connectivity index (χ2n) is 4.42. The summed E-state index contributed by atoms with van der Waals surface area (Å²) in [6, 6.07) is 5.68. The van der Waals surface area contributed by atoms with Gasteiger partial charge in [-0.05, 0) is 39.0 Å². The summed E-state index contributed by atoms with van der Waals surface area (Å²) in [4.78, 5) is 19.8. The third-order valence-electron chi connectivity index (χ3n) is 2.59. The quantitative estimate of drug-likeness (QED) is 0.829. The maximum absolute atomic E-state index is 11.0. The number of carbonyl (C=O) groups is 1. The van der Waals surface area contributed by atoms with Gasteiger partial charge in [-0.15, -0.1) is 0 Å². The first-order valence-corrected chi connectivity index (χ1v) is 5.95. The van der Waals surface area contributed by atoms with Crippen LogP contribution in [0, 0.1) is 13.8 Å². The van der Waals surface area contributed by atoms with Gasteiger partial charge in [0.05, 0.1) is 0 Å². The van der Waals surface area contributed by atoms with Crippen molar-refractivity contribution in [2.75, 3.05) is 0 Å². The highest BCUT2D eigenvalue weighted by Gasteiger charge is 2.08. The molecule has 18 heavy (non-hydrogen) atoms. The minimum absolute atomic E-state index is 0.149. The summed E-state index contributed by atoms with van der Waals surface area (Å²) in [5.41, 5.74) is 1.65. The van der Waals surface area contributed by atoms with Gasteiger partial charge in [-0.25, -0.2) is 9.97 Å². The van der Waals surface area contributed by atoms with Gasteiger partial charge in [-0.2, -0.15) is 0 Å². The van der Waals surface area contributed by atoms with Crippen LogP contribution in [0.4, 0.5) is 0 Å². The number of rotatable bonds is 4. The summed E-state index contributed by atoms with van der Waals surface area (Å²) in [5.74, 6) is 2.43. The number of furan rings is 1. The van der Waals surface area contributed by atoms with Crippen molar-refractivity contribution in [1.82, 2.24) is 9.97 Å². The Morgan fingerprint density at radius 3 is 2.67 bits per heavy atom. The van der Waals surface area contributed by atoms with E-state index in [0.717, 1.165) is 22.9 Å². The highest BCUT2D eigenvalue weighted by Crippen LogP contribution is 2.20. The predicted molar refractivity (Wildman–Crippen MR) is 68.2 cm³/mol. The molecule has 2 rings (SSSR count). The molecule has 0 fully saturated rings. The van der Waals surface area contributed by atoms with Gasteiger partial charge >= 0.3 is 0 Å². The van der Waals surface area contributed by atoms with Gasteiger partial charge in [0.15, 0.2) is 5.76 Å². The molecular formula is C14H16N2O2. The zero-order chi connectivity index (χ0) is 13.1. The van der Waals surface area contributed by atoms with Crippen LogP contribution in [0.3, 0.4) is 0 Å². The summed E-state index contributed by atoms with van der Waals surface area (Å²) in [7, 11) is 0. The van der Waals surface area contributed by atoms with E-state index in [1.165, 1.54) is 0 Å². The molecule has 0 N–H and O–H groups in total. The van der Waals surface area contributed by atoms with E-state index in [-0.39, 0.29) is 5.78 Å². The van der Waals surface area contributed by atoms with Crippen molar-refractivity contribution in [1.29, 1.82) is 0 Å². The van der Waals surface area contributed by atoms with Crippen molar-refractivity contribution in [3.8, 4) is 11.5 Å². The lowest BCUT2D eigenvalue weighted by Crippen LogP contribution is -2.02. The Kier molecular flexibility index (Phi) is 3.55. The Hall–Kier alpha value is -1.97.